The Labute approximate surface area is 154 Å². The fourth-order valence-electron chi connectivity index (χ4n) is 3.35. The minimum absolute atomic E-state index is 0.0162. The van der Waals surface area contributed by atoms with Crippen molar-refractivity contribution in [2.24, 2.45) is 5.92 Å². The molecule has 1 aromatic carbocycles. The van der Waals surface area contributed by atoms with Crippen molar-refractivity contribution in [3.63, 3.8) is 0 Å². The third kappa shape index (κ3) is 3.05. The maximum absolute atomic E-state index is 12.4. The van der Waals surface area contributed by atoms with Gasteiger partial charge >= 0.3 is 0 Å². The maximum Gasteiger partial charge on any atom is 0.187 e. The van der Waals surface area contributed by atoms with Crippen LogP contribution in [0, 0.1) is 5.92 Å². The smallest absolute Gasteiger partial charge is 0.187 e. The van der Waals surface area contributed by atoms with Gasteiger partial charge in [0.25, 0.3) is 0 Å². The zero-order valence-electron chi connectivity index (χ0n) is 13.5. The summed E-state index contributed by atoms with van der Waals surface area (Å²) in [5.74, 6) is -0.391. The predicted octanol–water partition coefficient (Wildman–Crippen LogP) is 3.13. The van der Waals surface area contributed by atoms with Crippen molar-refractivity contribution >= 4 is 21.7 Å². The highest BCUT2D eigenvalue weighted by atomic mass is 79.9. The number of aromatic nitrogens is 2. The molecule has 0 amide bonds. The van der Waals surface area contributed by atoms with E-state index in [1.165, 1.54) is 5.56 Å². The number of carbonyl (C=O) groups is 1. The molecular formula is C20H18BrN2O2+. The van der Waals surface area contributed by atoms with Crippen LogP contribution in [0.3, 0.4) is 0 Å². The molecule has 0 fully saturated rings. The SMILES string of the molecule is O=C1c2cccn2C[C@@H]1[C@H](O)c1cc[n+](Cc2ccccc2Br)cc1. The number of rotatable bonds is 4. The van der Waals surface area contributed by atoms with Crippen LogP contribution in [0.1, 0.15) is 27.7 Å². The molecule has 0 unspecified atom stereocenters. The van der Waals surface area contributed by atoms with Crippen LogP contribution in [0.25, 0.3) is 0 Å². The number of Topliss-reactive ketones (excluding diaryl/α,β-unsaturated/α-hetero) is 1. The number of ketones is 1. The average molecular weight is 398 g/mol. The van der Waals surface area contributed by atoms with Crippen LogP contribution in [0.15, 0.2) is 71.6 Å². The van der Waals surface area contributed by atoms with Crippen LogP contribution in [-0.4, -0.2) is 15.5 Å². The number of nitrogens with zero attached hydrogens (tertiary/aromatic N) is 2. The molecule has 0 saturated carbocycles. The van der Waals surface area contributed by atoms with Crippen LogP contribution in [0.2, 0.25) is 0 Å². The molecule has 2 atom stereocenters. The van der Waals surface area contributed by atoms with E-state index in [2.05, 4.69) is 26.6 Å². The number of aliphatic hydroxyl groups excluding tert-OH is 1. The van der Waals surface area contributed by atoms with E-state index in [0.717, 1.165) is 16.6 Å². The zero-order valence-corrected chi connectivity index (χ0v) is 15.1. The fourth-order valence-corrected chi connectivity index (χ4v) is 3.76. The zero-order chi connectivity index (χ0) is 17.4. The first kappa shape index (κ1) is 16.2. The molecule has 4 rings (SSSR count). The lowest BCUT2D eigenvalue weighted by Gasteiger charge is -2.16. The van der Waals surface area contributed by atoms with E-state index in [-0.39, 0.29) is 5.78 Å². The summed E-state index contributed by atoms with van der Waals surface area (Å²) in [7, 11) is 0. The molecule has 5 heteroatoms. The van der Waals surface area contributed by atoms with Crippen molar-refractivity contribution in [2.45, 2.75) is 19.2 Å². The standard InChI is InChI=1S/C20H18BrN2O2/c21-17-5-2-1-4-15(17)12-22-10-7-14(8-11-22)19(24)16-13-23-9-3-6-18(23)20(16)25/h1-11,16,19,24H,12-13H2/q+1/t16-,19-/m1/s1. The Morgan fingerprint density at radius 2 is 1.92 bits per heavy atom. The summed E-state index contributed by atoms with van der Waals surface area (Å²) in [6, 6.07) is 15.6. The Bertz CT molecular complexity index is 917. The van der Waals surface area contributed by atoms with Crippen LogP contribution < -0.4 is 4.57 Å². The third-order valence-corrected chi connectivity index (χ3v) is 5.54. The molecule has 1 N–H and O–H groups in total. The van der Waals surface area contributed by atoms with Gasteiger partial charge in [-0.1, -0.05) is 34.1 Å². The molecule has 0 aliphatic carbocycles. The lowest BCUT2D eigenvalue weighted by molar-refractivity contribution is -0.688. The number of pyridine rings is 1. The average Bonchev–Trinajstić information content (AvgIpc) is 3.20. The first-order chi connectivity index (χ1) is 12.1. The highest BCUT2D eigenvalue weighted by molar-refractivity contribution is 9.10. The molecule has 0 saturated heterocycles. The Morgan fingerprint density at radius 3 is 2.64 bits per heavy atom. The number of hydrogen-bond donors (Lipinski definition) is 1. The highest BCUT2D eigenvalue weighted by Gasteiger charge is 2.36. The second-order valence-corrected chi connectivity index (χ2v) is 7.21. The van der Waals surface area contributed by atoms with E-state index in [0.29, 0.717) is 12.2 Å². The minimum atomic E-state index is -0.787. The van der Waals surface area contributed by atoms with Gasteiger partial charge < -0.3 is 9.67 Å². The molecule has 126 valence electrons. The van der Waals surface area contributed by atoms with Gasteiger partial charge in [-0.05, 0) is 23.8 Å². The predicted molar refractivity (Wildman–Crippen MR) is 97.1 cm³/mol. The molecular weight excluding hydrogens is 380 g/mol. The second-order valence-electron chi connectivity index (χ2n) is 6.36. The van der Waals surface area contributed by atoms with Crippen LogP contribution >= 0.6 is 15.9 Å². The van der Waals surface area contributed by atoms with E-state index >= 15 is 0 Å². The lowest BCUT2D eigenvalue weighted by atomic mass is 9.93. The van der Waals surface area contributed by atoms with E-state index in [9.17, 15) is 9.90 Å². The van der Waals surface area contributed by atoms with Crippen molar-refractivity contribution in [1.29, 1.82) is 0 Å². The number of fused-ring (bicyclic) bond motifs is 1. The van der Waals surface area contributed by atoms with Crippen molar-refractivity contribution in [1.82, 2.24) is 4.57 Å². The van der Waals surface area contributed by atoms with Crippen LogP contribution in [-0.2, 0) is 13.1 Å². The largest absolute Gasteiger partial charge is 0.388 e. The van der Waals surface area contributed by atoms with Gasteiger partial charge in [-0.25, -0.2) is 4.57 Å². The van der Waals surface area contributed by atoms with Gasteiger partial charge in [0.05, 0.1) is 17.7 Å². The Morgan fingerprint density at radius 1 is 1.16 bits per heavy atom. The van der Waals surface area contributed by atoms with Gasteiger partial charge in [0, 0.05) is 34.9 Å². The summed E-state index contributed by atoms with van der Waals surface area (Å²) in [5.41, 5.74) is 2.64. The van der Waals surface area contributed by atoms with Gasteiger partial charge in [-0.2, -0.15) is 0 Å². The molecule has 2 aromatic heterocycles. The summed E-state index contributed by atoms with van der Waals surface area (Å²) >= 11 is 3.56. The van der Waals surface area contributed by atoms with E-state index in [4.69, 9.17) is 0 Å². The molecule has 1 aliphatic rings. The fraction of sp³-hybridized carbons (Fsp3) is 0.200. The number of hydrogen-bond acceptors (Lipinski definition) is 2. The third-order valence-electron chi connectivity index (χ3n) is 4.76. The number of carbonyl (C=O) groups excluding carboxylic acids is 1. The maximum atomic E-state index is 12.4. The first-order valence-corrected chi connectivity index (χ1v) is 9.02. The first-order valence-electron chi connectivity index (χ1n) is 8.23. The molecule has 4 nitrogen and oxygen atoms in total. The van der Waals surface area contributed by atoms with E-state index in [1.54, 1.807) is 0 Å². The molecule has 0 spiro atoms. The molecule has 0 bridgehead atoms. The minimum Gasteiger partial charge on any atom is -0.388 e. The molecule has 25 heavy (non-hydrogen) atoms. The lowest BCUT2D eigenvalue weighted by Crippen LogP contribution is -2.33. The Hall–Kier alpha value is -2.24. The number of benzene rings is 1. The quantitative estimate of drug-likeness (QED) is 0.687. The van der Waals surface area contributed by atoms with Crippen molar-refractivity contribution in [2.75, 3.05) is 0 Å². The van der Waals surface area contributed by atoms with Crippen LogP contribution in [0.5, 0.6) is 0 Å². The van der Waals surface area contributed by atoms with Gasteiger partial charge in [-0.3, -0.25) is 4.79 Å². The highest BCUT2D eigenvalue weighted by Crippen LogP contribution is 2.31. The van der Waals surface area contributed by atoms with Crippen LogP contribution in [0.4, 0.5) is 0 Å². The number of halogens is 1. The van der Waals surface area contributed by atoms with E-state index < -0.39 is 12.0 Å². The molecule has 3 heterocycles. The van der Waals surface area contributed by atoms with Crippen molar-refractivity contribution in [3.05, 3.63) is 88.4 Å². The second kappa shape index (κ2) is 6.58. The normalized spacial score (nSPS) is 17.5. The summed E-state index contributed by atoms with van der Waals surface area (Å²) in [5, 5.41) is 10.7. The summed E-state index contributed by atoms with van der Waals surface area (Å²) in [6.45, 7) is 1.28. The van der Waals surface area contributed by atoms with Crippen molar-refractivity contribution < 1.29 is 14.5 Å². The Kier molecular flexibility index (Phi) is 4.27. The molecule has 0 radical (unpaired) electrons. The summed E-state index contributed by atoms with van der Waals surface area (Å²) in [6.07, 6.45) is 4.98. The van der Waals surface area contributed by atoms with E-state index in [1.807, 2.05) is 65.6 Å². The Balaban J connectivity index is 1.50. The van der Waals surface area contributed by atoms with Gasteiger partial charge in [0.1, 0.15) is 0 Å². The van der Waals surface area contributed by atoms with Crippen molar-refractivity contribution in [3.8, 4) is 0 Å². The monoisotopic (exact) mass is 397 g/mol. The van der Waals surface area contributed by atoms with Gasteiger partial charge in [0.2, 0.25) is 0 Å². The molecule has 3 aromatic rings. The number of aliphatic hydroxyl groups is 1. The van der Waals surface area contributed by atoms with Gasteiger partial charge in [-0.15, -0.1) is 0 Å². The summed E-state index contributed by atoms with van der Waals surface area (Å²) < 4.78 is 5.04. The van der Waals surface area contributed by atoms with Gasteiger partial charge in [0.15, 0.2) is 24.7 Å². The topological polar surface area (TPSA) is 46.1 Å². The summed E-state index contributed by atoms with van der Waals surface area (Å²) in [4.78, 5) is 12.4. The molecule has 1 aliphatic heterocycles.